The molecular formula is C75H128O17P2. The Hall–Kier alpha value is -4.28. The molecule has 5 unspecified atom stereocenters. The fraction of sp³-hybridized carbons (Fsp3) is 0.707. The van der Waals surface area contributed by atoms with Gasteiger partial charge in [-0.05, 0) is 122 Å². The third-order valence-electron chi connectivity index (χ3n) is 14.7. The van der Waals surface area contributed by atoms with Crippen LogP contribution >= 0.6 is 15.6 Å². The van der Waals surface area contributed by atoms with Crippen LogP contribution in [0.5, 0.6) is 0 Å². The molecule has 0 rings (SSSR count). The lowest BCUT2D eigenvalue weighted by Crippen LogP contribution is -2.30. The largest absolute Gasteiger partial charge is 0.472 e. The predicted molar refractivity (Wildman–Crippen MR) is 381 cm³/mol. The van der Waals surface area contributed by atoms with Crippen molar-refractivity contribution in [2.45, 2.75) is 303 Å². The van der Waals surface area contributed by atoms with Gasteiger partial charge < -0.3 is 33.8 Å². The minimum atomic E-state index is -4.98. The molecule has 0 spiro atoms. The van der Waals surface area contributed by atoms with Crippen LogP contribution in [0, 0.1) is 0 Å². The molecule has 0 radical (unpaired) electrons. The minimum Gasteiger partial charge on any atom is -0.462 e. The zero-order chi connectivity index (χ0) is 69.0. The molecule has 0 aromatic carbocycles. The molecule has 3 N–H and O–H groups in total. The van der Waals surface area contributed by atoms with Gasteiger partial charge in [0.1, 0.15) is 19.3 Å². The molecule has 0 aliphatic carbocycles. The summed E-state index contributed by atoms with van der Waals surface area (Å²) in [5.74, 6) is -2.25. The molecule has 5 atom stereocenters. The Labute approximate surface area is 569 Å². The highest BCUT2D eigenvalue weighted by atomic mass is 31.2. The third-order valence-corrected chi connectivity index (χ3v) is 16.6. The summed E-state index contributed by atoms with van der Waals surface area (Å²) in [6.07, 6.45) is 69.6. The second-order valence-corrected chi connectivity index (χ2v) is 26.7. The van der Waals surface area contributed by atoms with Gasteiger partial charge in [-0.3, -0.25) is 37.3 Å². The van der Waals surface area contributed by atoms with Gasteiger partial charge in [-0.15, -0.1) is 0 Å². The van der Waals surface area contributed by atoms with Crippen molar-refractivity contribution in [1.29, 1.82) is 0 Å². The SMILES string of the molecule is CC/C=C\C/C=C\C/C=C\C/C=C\CCCCC(=O)OCC(COP(=O)(O)OCC(O)COP(=O)(O)OCC(COC(=O)CCCCCCC/C=C\C/C=C\C/C=C\CC)OC(=O)CCCCCCCCCCCCC)OC(=O)CCCCCCC/C=C\C/C=C\CCC. The average Bonchev–Trinajstić information content (AvgIpc) is 1.55. The van der Waals surface area contributed by atoms with Crippen molar-refractivity contribution < 1.29 is 80.2 Å². The molecule has 0 fully saturated rings. The number of rotatable bonds is 67. The van der Waals surface area contributed by atoms with E-state index < -0.39 is 97.5 Å². The van der Waals surface area contributed by atoms with E-state index >= 15 is 0 Å². The fourth-order valence-electron chi connectivity index (χ4n) is 9.26. The van der Waals surface area contributed by atoms with E-state index in [1.165, 1.54) is 38.5 Å². The van der Waals surface area contributed by atoms with Crippen molar-refractivity contribution in [3.63, 3.8) is 0 Å². The van der Waals surface area contributed by atoms with E-state index in [1.807, 2.05) is 0 Å². The molecule has 0 amide bonds. The Morgan fingerprint density at radius 2 is 0.574 bits per heavy atom. The lowest BCUT2D eigenvalue weighted by Gasteiger charge is -2.21. The van der Waals surface area contributed by atoms with Crippen LogP contribution < -0.4 is 0 Å². The number of aliphatic hydroxyl groups excluding tert-OH is 1. The maximum absolute atomic E-state index is 13.0. The summed E-state index contributed by atoms with van der Waals surface area (Å²) < 4.78 is 68.2. The Bertz CT molecular complexity index is 2220. The lowest BCUT2D eigenvalue weighted by molar-refractivity contribution is -0.161. The van der Waals surface area contributed by atoms with E-state index in [0.717, 1.165) is 167 Å². The number of ether oxygens (including phenoxy) is 4. The van der Waals surface area contributed by atoms with Crippen molar-refractivity contribution in [2.24, 2.45) is 0 Å². The molecule has 0 saturated heterocycles. The second-order valence-electron chi connectivity index (χ2n) is 23.8. The molecule has 94 heavy (non-hydrogen) atoms. The first kappa shape index (κ1) is 89.7. The number of hydrogen-bond acceptors (Lipinski definition) is 15. The molecule has 17 nitrogen and oxygen atoms in total. The highest BCUT2D eigenvalue weighted by Gasteiger charge is 2.30. The van der Waals surface area contributed by atoms with Crippen LogP contribution in [0.1, 0.15) is 285 Å². The number of unbranched alkanes of at least 4 members (excludes halogenated alkanes) is 23. The molecule has 0 aliphatic rings. The van der Waals surface area contributed by atoms with Gasteiger partial charge in [-0.25, -0.2) is 9.13 Å². The monoisotopic (exact) mass is 1360 g/mol. The standard InChI is InChI=1S/C75H128O17P2/c1-5-9-13-17-21-25-29-32-34-37-40-43-47-51-55-59-72(77)85-65-70(91-74(79)61-57-53-49-45-39-28-24-20-16-12-8-4)67-89-93(81,82)87-63-69(76)64-88-94(83,84)90-68-71(92-75(80)62-58-54-50-46-42-36-31-27-23-19-15-11-7-3)66-86-73(78)60-56-52-48-44-41-38-35-33-30-26-22-18-14-10-6-2/h9-10,13-15,19,21-22,25-27,31-35,41,44,69-71,76H,5-8,11-12,16-18,20,23-24,28-30,36-40,42-43,45-68H2,1-4H3,(H,81,82)(H,83,84)/b13-9-,14-10-,19-15-,25-21-,26-22-,31-27-,34-32-,35-33-,44-41-. The molecule has 0 bridgehead atoms. The zero-order valence-electron chi connectivity index (χ0n) is 58.6. The fourth-order valence-corrected chi connectivity index (χ4v) is 10.8. The first-order valence-corrected chi connectivity index (χ1v) is 39.1. The number of allylic oxidation sites excluding steroid dienone is 18. The molecule has 0 heterocycles. The third kappa shape index (κ3) is 66.3. The first-order valence-electron chi connectivity index (χ1n) is 36.1. The number of phosphoric ester groups is 2. The maximum Gasteiger partial charge on any atom is 0.472 e. The summed E-state index contributed by atoms with van der Waals surface area (Å²) >= 11 is 0. The van der Waals surface area contributed by atoms with E-state index in [4.69, 9.17) is 37.0 Å². The van der Waals surface area contributed by atoms with Gasteiger partial charge in [0.2, 0.25) is 0 Å². The molecule has 0 aromatic rings. The molecule has 0 saturated carbocycles. The van der Waals surface area contributed by atoms with E-state index in [2.05, 4.69) is 137 Å². The molecular weight excluding hydrogens is 1230 g/mol. The summed E-state index contributed by atoms with van der Waals surface area (Å²) in [5.41, 5.74) is 0. The van der Waals surface area contributed by atoms with Crippen LogP contribution in [0.15, 0.2) is 109 Å². The molecule has 0 aromatic heterocycles. The van der Waals surface area contributed by atoms with E-state index in [-0.39, 0.29) is 25.7 Å². The second kappa shape index (κ2) is 67.3. The summed E-state index contributed by atoms with van der Waals surface area (Å²) in [6.45, 7) is 4.48. The Balaban J connectivity index is 5.37. The van der Waals surface area contributed by atoms with Crippen LogP contribution in [0.4, 0.5) is 0 Å². The van der Waals surface area contributed by atoms with Crippen LogP contribution in [0.3, 0.4) is 0 Å². The summed E-state index contributed by atoms with van der Waals surface area (Å²) in [7, 11) is -9.96. The Kier molecular flexibility index (Phi) is 64.2. The Morgan fingerprint density at radius 3 is 0.915 bits per heavy atom. The highest BCUT2D eigenvalue weighted by molar-refractivity contribution is 7.47. The average molecular weight is 1360 g/mol. The van der Waals surface area contributed by atoms with Gasteiger partial charge >= 0.3 is 39.5 Å². The van der Waals surface area contributed by atoms with Crippen molar-refractivity contribution in [1.82, 2.24) is 0 Å². The smallest absolute Gasteiger partial charge is 0.462 e. The number of carbonyl (C=O) groups is 4. The highest BCUT2D eigenvalue weighted by Crippen LogP contribution is 2.45. The van der Waals surface area contributed by atoms with Crippen LogP contribution in [-0.2, 0) is 65.4 Å². The predicted octanol–water partition coefficient (Wildman–Crippen LogP) is 20.2. The van der Waals surface area contributed by atoms with Crippen molar-refractivity contribution >= 4 is 39.5 Å². The van der Waals surface area contributed by atoms with Gasteiger partial charge in [-0.1, -0.05) is 246 Å². The normalized spacial score (nSPS) is 14.7. The van der Waals surface area contributed by atoms with Crippen LogP contribution in [0.2, 0.25) is 0 Å². The summed E-state index contributed by atoms with van der Waals surface area (Å²) in [5, 5.41) is 10.6. The van der Waals surface area contributed by atoms with Gasteiger partial charge in [0.05, 0.1) is 26.4 Å². The van der Waals surface area contributed by atoms with E-state index in [0.29, 0.717) is 25.7 Å². The van der Waals surface area contributed by atoms with Crippen LogP contribution in [0.25, 0.3) is 0 Å². The number of esters is 4. The number of phosphoric acid groups is 2. The van der Waals surface area contributed by atoms with Crippen molar-refractivity contribution in [3.8, 4) is 0 Å². The van der Waals surface area contributed by atoms with Crippen LogP contribution in [-0.4, -0.2) is 96.7 Å². The first-order chi connectivity index (χ1) is 45.7. The number of hydrogen-bond donors (Lipinski definition) is 3. The quantitative estimate of drug-likeness (QED) is 0.0169. The molecule has 0 aliphatic heterocycles. The van der Waals surface area contributed by atoms with Crippen molar-refractivity contribution in [3.05, 3.63) is 109 Å². The number of carbonyl (C=O) groups excluding carboxylic acids is 4. The summed E-state index contributed by atoms with van der Waals surface area (Å²) in [4.78, 5) is 72.6. The van der Waals surface area contributed by atoms with Gasteiger partial charge in [0.15, 0.2) is 12.2 Å². The molecule has 540 valence electrons. The van der Waals surface area contributed by atoms with E-state index in [9.17, 15) is 43.2 Å². The minimum absolute atomic E-state index is 0.0681. The van der Waals surface area contributed by atoms with Gasteiger partial charge in [0.25, 0.3) is 0 Å². The topological polar surface area (TPSA) is 237 Å². The maximum atomic E-state index is 13.0. The molecule has 19 heteroatoms. The Morgan fingerprint density at radius 1 is 0.309 bits per heavy atom. The van der Waals surface area contributed by atoms with Gasteiger partial charge in [-0.2, -0.15) is 0 Å². The van der Waals surface area contributed by atoms with Crippen molar-refractivity contribution in [2.75, 3.05) is 39.6 Å². The number of aliphatic hydroxyl groups is 1. The summed E-state index contributed by atoms with van der Waals surface area (Å²) in [6, 6.07) is 0. The van der Waals surface area contributed by atoms with E-state index in [1.54, 1.807) is 0 Å². The van der Waals surface area contributed by atoms with Gasteiger partial charge in [0, 0.05) is 25.7 Å². The lowest BCUT2D eigenvalue weighted by atomic mass is 10.1. The zero-order valence-corrected chi connectivity index (χ0v) is 60.4.